The van der Waals surface area contributed by atoms with Crippen LogP contribution in [0.1, 0.15) is 17.0 Å². The molecule has 0 unspecified atom stereocenters. The topological polar surface area (TPSA) is 37.8 Å². The van der Waals surface area contributed by atoms with E-state index in [1.807, 2.05) is 32.0 Å². The zero-order valence-corrected chi connectivity index (χ0v) is 12.6. The molecule has 6 heteroatoms. The average molecular weight is 317 g/mol. The van der Waals surface area contributed by atoms with Crippen molar-refractivity contribution in [1.82, 2.24) is 9.97 Å². The summed E-state index contributed by atoms with van der Waals surface area (Å²) >= 11 is 0. The predicted octanol–water partition coefficient (Wildman–Crippen LogP) is 5.01. The fourth-order valence-electron chi connectivity index (χ4n) is 2.25. The van der Waals surface area contributed by atoms with Gasteiger partial charge in [-0.05, 0) is 49.2 Å². The molecule has 23 heavy (non-hydrogen) atoms. The van der Waals surface area contributed by atoms with Crippen LogP contribution in [0.2, 0.25) is 0 Å². The lowest BCUT2D eigenvalue weighted by Crippen LogP contribution is -2.12. The number of hydrogen-bond donors (Lipinski definition) is 1. The van der Waals surface area contributed by atoms with E-state index in [9.17, 15) is 13.2 Å². The molecule has 0 aliphatic heterocycles. The van der Waals surface area contributed by atoms with Gasteiger partial charge in [0.15, 0.2) is 0 Å². The van der Waals surface area contributed by atoms with Gasteiger partial charge in [0.05, 0.1) is 5.52 Å². The number of anilines is 2. The summed E-state index contributed by atoms with van der Waals surface area (Å²) in [5, 5.41) is 3.52. The van der Waals surface area contributed by atoms with Crippen LogP contribution < -0.4 is 5.32 Å². The minimum absolute atomic E-state index is 0.145. The van der Waals surface area contributed by atoms with E-state index in [-0.39, 0.29) is 11.3 Å². The van der Waals surface area contributed by atoms with Crippen molar-refractivity contribution >= 4 is 22.4 Å². The molecule has 3 aromatic rings. The van der Waals surface area contributed by atoms with Gasteiger partial charge in [-0.2, -0.15) is 13.2 Å². The van der Waals surface area contributed by atoms with Crippen molar-refractivity contribution in [3.05, 3.63) is 59.4 Å². The standard InChI is InChI=1S/C17H14F3N3/c1-10-7-8-12(9-11(10)2)21-15-13-5-3-4-6-14(13)22-16(23-15)17(18,19)20/h3-9H,1-2H3,(H,21,22,23). The minimum atomic E-state index is -4.59. The second-order valence-corrected chi connectivity index (χ2v) is 5.33. The first-order valence-corrected chi connectivity index (χ1v) is 7.03. The second kappa shape index (κ2) is 5.53. The number of rotatable bonds is 2. The molecule has 0 spiro atoms. The molecule has 3 nitrogen and oxygen atoms in total. The predicted molar refractivity (Wildman–Crippen MR) is 83.7 cm³/mol. The number of nitrogens with one attached hydrogen (secondary N) is 1. The van der Waals surface area contributed by atoms with Gasteiger partial charge in [0.2, 0.25) is 5.82 Å². The van der Waals surface area contributed by atoms with E-state index in [2.05, 4.69) is 15.3 Å². The van der Waals surface area contributed by atoms with Gasteiger partial charge in [0, 0.05) is 11.1 Å². The number of para-hydroxylation sites is 1. The Bertz CT molecular complexity index is 873. The van der Waals surface area contributed by atoms with Crippen LogP contribution in [0.15, 0.2) is 42.5 Å². The lowest BCUT2D eigenvalue weighted by atomic mass is 10.1. The van der Waals surface area contributed by atoms with Crippen molar-refractivity contribution in [1.29, 1.82) is 0 Å². The number of halogens is 3. The van der Waals surface area contributed by atoms with Gasteiger partial charge < -0.3 is 5.32 Å². The van der Waals surface area contributed by atoms with Gasteiger partial charge in [0.25, 0.3) is 0 Å². The number of alkyl halides is 3. The van der Waals surface area contributed by atoms with Crippen LogP contribution in [0.5, 0.6) is 0 Å². The highest BCUT2D eigenvalue weighted by atomic mass is 19.4. The zero-order valence-electron chi connectivity index (χ0n) is 12.6. The van der Waals surface area contributed by atoms with Crippen LogP contribution in [-0.2, 0) is 6.18 Å². The molecule has 0 aliphatic rings. The van der Waals surface area contributed by atoms with Gasteiger partial charge in [-0.1, -0.05) is 18.2 Å². The molecule has 0 atom stereocenters. The molecule has 0 fully saturated rings. The Morgan fingerprint density at radius 1 is 0.913 bits per heavy atom. The van der Waals surface area contributed by atoms with Gasteiger partial charge in [-0.25, -0.2) is 9.97 Å². The summed E-state index contributed by atoms with van der Waals surface area (Å²) in [6, 6.07) is 12.2. The molecule has 0 saturated carbocycles. The molecule has 0 aliphatic carbocycles. The summed E-state index contributed by atoms with van der Waals surface area (Å²) in [7, 11) is 0. The average Bonchev–Trinajstić information content (AvgIpc) is 2.50. The van der Waals surface area contributed by atoms with Gasteiger partial charge in [-0.15, -0.1) is 0 Å². The van der Waals surface area contributed by atoms with E-state index in [4.69, 9.17) is 0 Å². The van der Waals surface area contributed by atoms with E-state index in [1.54, 1.807) is 18.2 Å². The second-order valence-electron chi connectivity index (χ2n) is 5.33. The summed E-state index contributed by atoms with van der Waals surface area (Å²) in [6.45, 7) is 3.92. The highest BCUT2D eigenvalue weighted by Gasteiger charge is 2.35. The Morgan fingerprint density at radius 2 is 1.65 bits per heavy atom. The van der Waals surface area contributed by atoms with Crippen LogP contribution in [0.3, 0.4) is 0 Å². The van der Waals surface area contributed by atoms with E-state index in [0.717, 1.165) is 11.1 Å². The maximum Gasteiger partial charge on any atom is 0.451 e. The van der Waals surface area contributed by atoms with Gasteiger partial charge in [0.1, 0.15) is 5.82 Å². The first-order chi connectivity index (χ1) is 10.8. The summed E-state index contributed by atoms with van der Waals surface area (Å²) in [5.41, 5.74) is 3.09. The van der Waals surface area contributed by atoms with Crippen molar-refractivity contribution in [2.24, 2.45) is 0 Å². The maximum absolute atomic E-state index is 13.0. The maximum atomic E-state index is 13.0. The lowest BCUT2D eigenvalue weighted by Gasteiger charge is -2.13. The zero-order chi connectivity index (χ0) is 16.6. The molecule has 1 aromatic heterocycles. The smallest absolute Gasteiger partial charge is 0.340 e. The van der Waals surface area contributed by atoms with E-state index in [0.29, 0.717) is 11.1 Å². The normalized spacial score (nSPS) is 11.7. The Morgan fingerprint density at radius 3 is 2.35 bits per heavy atom. The Labute approximate surface area is 131 Å². The fourth-order valence-corrected chi connectivity index (χ4v) is 2.25. The Balaban J connectivity index is 2.13. The number of aryl methyl sites for hydroxylation is 2. The lowest BCUT2D eigenvalue weighted by molar-refractivity contribution is -0.144. The van der Waals surface area contributed by atoms with Crippen LogP contribution in [0.4, 0.5) is 24.7 Å². The molecule has 0 amide bonds. The highest BCUT2D eigenvalue weighted by Crippen LogP contribution is 2.31. The van der Waals surface area contributed by atoms with Crippen LogP contribution in [-0.4, -0.2) is 9.97 Å². The van der Waals surface area contributed by atoms with Crippen molar-refractivity contribution in [3.8, 4) is 0 Å². The largest absolute Gasteiger partial charge is 0.451 e. The molecule has 2 aromatic carbocycles. The van der Waals surface area contributed by atoms with Gasteiger partial charge >= 0.3 is 6.18 Å². The van der Waals surface area contributed by atoms with Crippen LogP contribution >= 0.6 is 0 Å². The highest BCUT2D eigenvalue weighted by molar-refractivity contribution is 5.90. The molecule has 0 saturated heterocycles. The monoisotopic (exact) mass is 317 g/mol. The van der Waals surface area contributed by atoms with Crippen LogP contribution in [0, 0.1) is 13.8 Å². The number of fused-ring (bicyclic) bond motifs is 1. The first-order valence-electron chi connectivity index (χ1n) is 7.03. The third-order valence-corrected chi connectivity index (χ3v) is 3.63. The van der Waals surface area contributed by atoms with E-state index >= 15 is 0 Å². The molecular weight excluding hydrogens is 303 g/mol. The summed E-state index contributed by atoms with van der Waals surface area (Å²) < 4.78 is 39.0. The quantitative estimate of drug-likeness (QED) is 0.722. The summed E-state index contributed by atoms with van der Waals surface area (Å²) in [5.74, 6) is -1.01. The summed E-state index contributed by atoms with van der Waals surface area (Å²) in [4.78, 5) is 7.28. The fraction of sp³-hybridized carbons (Fsp3) is 0.176. The van der Waals surface area contributed by atoms with E-state index < -0.39 is 12.0 Å². The molecule has 3 rings (SSSR count). The molecular formula is C17H14F3N3. The van der Waals surface area contributed by atoms with Gasteiger partial charge in [-0.3, -0.25) is 0 Å². The van der Waals surface area contributed by atoms with Crippen molar-refractivity contribution in [3.63, 3.8) is 0 Å². The molecule has 118 valence electrons. The number of aromatic nitrogens is 2. The van der Waals surface area contributed by atoms with Crippen molar-refractivity contribution in [2.45, 2.75) is 20.0 Å². The number of benzene rings is 2. The third-order valence-electron chi connectivity index (χ3n) is 3.63. The van der Waals surface area contributed by atoms with Crippen LogP contribution in [0.25, 0.3) is 10.9 Å². The molecule has 0 radical (unpaired) electrons. The third kappa shape index (κ3) is 3.11. The molecule has 0 bridgehead atoms. The number of hydrogen-bond acceptors (Lipinski definition) is 3. The first kappa shape index (κ1) is 15.3. The molecule has 1 heterocycles. The Hall–Kier alpha value is -2.63. The Kier molecular flexibility index (Phi) is 3.67. The minimum Gasteiger partial charge on any atom is -0.340 e. The van der Waals surface area contributed by atoms with Crippen molar-refractivity contribution in [2.75, 3.05) is 5.32 Å². The van der Waals surface area contributed by atoms with E-state index in [1.165, 1.54) is 6.07 Å². The summed E-state index contributed by atoms with van der Waals surface area (Å²) in [6.07, 6.45) is -4.59. The molecule has 1 N–H and O–H groups in total. The SMILES string of the molecule is Cc1ccc(Nc2nc(C(F)(F)F)nc3ccccc23)cc1C. The number of nitrogens with zero attached hydrogens (tertiary/aromatic N) is 2. The van der Waals surface area contributed by atoms with Crippen molar-refractivity contribution < 1.29 is 13.2 Å².